The fourth-order valence-electron chi connectivity index (χ4n) is 2.47. The number of thiophene rings is 1. The predicted molar refractivity (Wildman–Crippen MR) is 96.1 cm³/mol. The quantitative estimate of drug-likeness (QED) is 0.252. The summed E-state index contributed by atoms with van der Waals surface area (Å²) < 4.78 is 0. The van der Waals surface area contributed by atoms with Crippen LogP contribution in [0.4, 0.5) is 0 Å². The van der Waals surface area contributed by atoms with Crippen molar-refractivity contribution in [3.63, 3.8) is 0 Å². The van der Waals surface area contributed by atoms with E-state index in [0.29, 0.717) is 0 Å². The van der Waals surface area contributed by atoms with Gasteiger partial charge in [-0.25, -0.2) is 0 Å². The lowest BCUT2D eigenvalue weighted by Gasteiger charge is -2.02. The molecule has 0 N–H and O–H groups in total. The number of thioether (sulfide) groups is 1. The number of unbranched alkanes of at least 4 members (excludes halogenated alkanes) is 11. The normalized spacial score (nSPS) is 11.1. The molecule has 116 valence electrons. The Bertz CT molecular complexity index is 280. The Kier molecular flexibility index (Phi) is 12.7. The molecule has 0 spiro atoms. The molecule has 0 aliphatic rings. The van der Waals surface area contributed by atoms with Crippen LogP contribution in [0.2, 0.25) is 0 Å². The van der Waals surface area contributed by atoms with Gasteiger partial charge >= 0.3 is 0 Å². The average molecular weight is 313 g/mol. The van der Waals surface area contributed by atoms with Gasteiger partial charge in [-0.15, -0.1) is 11.8 Å². The van der Waals surface area contributed by atoms with Crippen LogP contribution in [-0.4, -0.2) is 5.75 Å². The molecule has 0 fully saturated rings. The first-order valence-corrected chi connectivity index (χ1v) is 10.5. The fraction of sp³-hybridized carbons (Fsp3) is 0.778. The summed E-state index contributed by atoms with van der Waals surface area (Å²) in [5, 5.41) is 4.43. The van der Waals surface area contributed by atoms with E-state index in [2.05, 4.69) is 23.8 Å². The zero-order valence-corrected chi connectivity index (χ0v) is 14.9. The summed E-state index contributed by atoms with van der Waals surface area (Å²) in [6, 6.07) is 2.23. The van der Waals surface area contributed by atoms with E-state index in [1.165, 1.54) is 87.7 Å². The van der Waals surface area contributed by atoms with Gasteiger partial charge in [-0.3, -0.25) is 0 Å². The number of hydrogen-bond acceptors (Lipinski definition) is 2. The minimum Gasteiger partial charge on any atom is -0.151 e. The smallest absolute Gasteiger partial charge is 0.0179 e. The molecule has 1 aromatic rings. The van der Waals surface area contributed by atoms with Crippen molar-refractivity contribution < 1.29 is 0 Å². The van der Waals surface area contributed by atoms with Gasteiger partial charge in [-0.1, -0.05) is 77.6 Å². The maximum Gasteiger partial charge on any atom is 0.0179 e. The van der Waals surface area contributed by atoms with Crippen molar-refractivity contribution in [3.8, 4) is 0 Å². The molecule has 1 rings (SSSR count). The maximum atomic E-state index is 2.29. The first-order valence-electron chi connectivity index (χ1n) is 8.58. The molecule has 0 unspecified atom stereocenters. The van der Waals surface area contributed by atoms with Crippen LogP contribution >= 0.6 is 23.1 Å². The molecule has 0 atom stereocenters. The Morgan fingerprint density at radius 3 is 1.85 bits per heavy atom. The standard InChI is InChI=1S/C18H32S2/c1-2-3-4-5-6-7-8-9-10-11-12-13-15-20-18-14-16-19-17-18/h14,16-17H,2-13,15H2,1H3. The van der Waals surface area contributed by atoms with Crippen molar-refractivity contribution in [3.05, 3.63) is 16.8 Å². The highest BCUT2D eigenvalue weighted by Crippen LogP contribution is 2.22. The Balaban J connectivity index is 1.70. The molecule has 0 amide bonds. The summed E-state index contributed by atoms with van der Waals surface area (Å²) in [5.74, 6) is 1.30. The lowest BCUT2D eigenvalue weighted by Crippen LogP contribution is -1.84. The van der Waals surface area contributed by atoms with Gasteiger partial charge in [0.25, 0.3) is 0 Å². The summed E-state index contributed by atoms with van der Waals surface area (Å²) in [5.41, 5.74) is 0. The average Bonchev–Trinajstić information content (AvgIpc) is 2.97. The van der Waals surface area contributed by atoms with E-state index in [1.54, 1.807) is 11.3 Å². The second-order valence-electron chi connectivity index (χ2n) is 5.70. The molecule has 1 aromatic heterocycles. The van der Waals surface area contributed by atoms with E-state index >= 15 is 0 Å². The zero-order chi connectivity index (χ0) is 14.3. The Labute approximate surface area is 134 Å². The van der Waals surface area contributed by atoms with E-state index < -0.39 is 0 Å². The third-order valence-corrected chi connectivity index (χ3v) is 5.67. The van der Waals surface area contributed by atoms with Gasteiger partial charge in [-0.2, -0.15) is 11.3 Å². The fourth-order valence-corrected chi connectivity index (χ4v) is 4.26. The third-order valence-electron chi connectivity index (χ3n) is 3.76. The summed E-state index contributed by atoms with van der Waals surface area (Å²) >= 11 is 3.82. The molecule has 0 bridgehead atoms. The van der Waals surface area contributed by atoms with Gasteiger partial charge in [-0.05, 0) is 23.6 Å². The molecule has 0 aromatic carbocycles. The molecular formula is C18H32S2. The second-order valence-corrected chi connectivity index (χ2v) is 7.64. The van der Waals surface area contributed by atoms with Crippen molar-refractivity contribution in [1.82, 2.24) is 0 Å². The van der Waals surface area contributed by atoms with E-state index in [1.807, 2.05) is 11.8 Å². The first kappa shape index (κ1) is 18.1. The van der Waals surface area contributed by atoms with Crippen molar-refractivity contribution in [2.24, 2.45) is 0 Å². The molecule has 0 radical (unpaired) electrons. The van der Waals surface area contributed by atoms with Crippen molar-refractivity contribution in [2.45, 2.75) is 88.9 Å². The highest BCUT2D eigenvalue weighted by molar-refractivity contribution is 7.99. The van der Waals surface area contributed by atoms with E-state index in [-0.39, 0.29) is 0 Å². The minimum atomic E-state index is 1.30. The summed E-state index contributed by atoms with van der Waals surface area (Å²) in [6.45, 7) is 2.29. The van der Waals surface area contributed by atoms with Crippen LogP contribution in [0.3, 0.4) is 0 Å². The van der Waals surface area contributed by atoms with Crippen LogP contribution in [0.15, 0.2) is 21.7 Å². The third kappa shape index (κ3) is 10.8. The van der Waals surface area contributed by atoms with Crippen LogP contribution in [0.5, 0.6) is 0 Å². The van der Waals surface area contributed by atoms with Gasteiger partial charge in [0.05, 0.1) is 0 Å². The van der Waals surface area contributed by atoms with Gasteiger partial charge in [0.1, 0.15) is 0 Å². The van der Waals surface area contributed by atoms with Crippen LogP contribution < -0.4 is 0 Å². The summed E-state index contributed by atoms with van der Waals surface area (Å²) in [7, 11) is 0. The van der Waals surface area contributed by atoms with Crippen molar-refractivity contribution >= 4 is 23.1 Å². The Hall–Kier alpha value is 0.0500. The SMILES string of the molecule is CCCCCCCCCCCCCCSc1ccsc1. The van der Waals surface area contributed by atoms with Crippen molar-refractivity contribution in [2.75, 3.05) is 5.75 Å². The molecule has 2 heteroatoms. The molecule has 0 nitrogen and oxygen atoms in total. The molecule has 20 heavy (non-hydrogen) atoms. The highest BCUT2D eigenvalue weighted by Gasteiger charge is 1.95. The molecule has 0 saturated heterocycles. The van der Waals surface area contributed by atoms with E-state index in [9.17, 15) is 0 Å². The molecular weight excluding hydrogens is 280 g/mol. The van der Waals surface area contributed by atoms with Gasteiger partial charge in [0.2, 0.25) is 0 Å². The first-order chi connectivity index (χ1) is 9.93. The highest BCUT2D eigenvalue weighted by atomic mass is 32.2. The molecule has 0 saturated carbocycles. The molecule has 0 aliphatic carbocycles. The number of hydrogen-bond donors (Lipinski definition) is 0. The summed E-state index contributed by atoms with van der Waals surface area (Å²) in [6.07, 6.45) is 17.3. The van der Waals surface area contributed by atoms with Crippen LogP contribution in [0, 0.1) is 0 Å². The molecule has 1 heterocycles. The minimum absolute atomic E-state index is 1.30. The van der Waals surface area contributed by atoms with Crippen LogP contribution in [0.25, 0.3) is 0 Å². The van der Waals surface area contributed by atoms with E-state index in [0.717, 1.165) is 0 Å². The second kappa shape index (κ2) is 14.0. The zero-order valence-electron chi connectivity index (χ0n) is 13.2. The van der Waals surface area contributed by atoms with E-state index in [4.69, 9.17) is 0 Å². The van der Waals surface area contributed by atoms with Crippen molar-refractivity contribution in [1.29, 1.82) is 0 Å². The lowest BCUT2D eigenvalue weighted by atomic mass is 10.1. The van der Waals surface area contributed by atoms with Gasteiger partial charge in [0.15, 0.2) is 0 Å². The largest absolute Gasteiger partial charge is 0.151 e. The predicted octanol–water partition coefficient (Wildman–Crippen LogP) is 7.54. The monoisotopic (exact) mass is 312 g/mol. The lowest BCUT2D eigenvalue weighted by molar-refractivity contribution is 0.548. The summed E-state index contributed by atoms with van der Waals surface area (Å²) in [4.78, 5) is 1.46. The van der Waals surface area contributed by atoms with Crippen LogP contribution in [-0.2, 0) is 0 Å². The van der Waals surface area contributed by atoms with Crippen LogP contribution in [0.1, 0.15) is 84.0 Å². The Morgan fingerprint density at radius 2 is 1.35 bits per heavy atom. The topological polar surface area (TPSA) is 0 Å². The van der Waals surface area contributed by atoms with Gasteiger partial charge in [0, 0.05) is 10.3 Å². The number of rotatable bonds is 14. The maximum absolute atomic E-state index is 2.29. The Morgan fingerprint density at radius 1 is 0.800 bits per heavy atom. The molecule has 0 aliphatic heterocycles. The van der Waals surface area contributed by atoms with Gasteiger partial charge < -0.3 is 0 Å².